The molecule has 0 aliphatic rings. The smallest absolute Gasteiger partial charge is 0.459 e. The second-order valence-corrected chi connectivity index (χ2v) is 6.30. The van der Waals surface area contributed by atoms with Gasteiger partial charge in [0.1, 0.15) is 0 Å². The molecule has 0 atom stereocenters. The Morgan fingerprint density at radius 1 is 1.32 bits per heavy atom. The summed E-state index contributed by atoms with van der Waals surface area (Å²) in [5, 5.41) is 3.41. The topological polar surface area (TPSA) is 109 Å². The molecule has 0 aliphatic carbocycles. The fraction of sp³-hybridized carbons (Fsp3) is 0.700. The number of rotatable bonds is 6. The van der Waals surface area contributed by atoms with E-state index in [2.05, 4.69) is 23.6 Å². The van der Waals surface area contributed by atoms with Crippen LogP contribution < -0.4 is 0 Å². The van der Waals surface area contributed by atoms with Gasteiger partial charge < -0.3 is 9.26 Å². The van der Waals surface area contributed by atoms with Crippen molar-refractivity contribution in [1.29, 1.82) is 0 Å². The standard InChI is InChI=1S/C10H13F3N2O6S/c1-4-19-7(16)6-14-8(15-21-6)9(2,3)5-20-22(17,18)10(11,12)13/h4-5H2,1-3H3. The molecule has 0 saturated heterocycles. The molecule has 0 saturated carbocycles. The molecule has 8 nitrogen and oxygen atoms in total. The van der Waals surface area contributed by atoms with Crippen LogP contribution in [0.4, 0.5) is 13.2 Å². The van der Waals surface area contributed by atoms with Crippen molar-refractivity contribution < 1.29 is 39.8 Å². The molecule has 1 aromatic rings. The average Bonchev–Trinajstić information content (AvgIpc) is 2.86. The second kappa shape index (κ2) is 6.20. The van der Waals surface area contributed by atoms with Crippen molar-refractivity contribution in [2.75, 3.05) is 13.2 Å². The third kappa shape index (κ3) is 4.16. The third-order valence-corrected chi connectivity index (χ3v) is 3.33. The molecule has 126 valence electrons. The van der Waals surface area contributed by atoms with Crippen LogP contribution in [0.3, 0.4) is 0 Å². The summed E-state index contributed by atoms with van der Waals surface area (Å²) in [6, 6.07) is 0. The molecule has 22 heavy (non-hydrogen) atoms. The summed E-state index contributed by atoms with van der Waals surface area (Å²) in [7, 11) is -5.73. The van der Waals surface area contributed by atoms with Gasteiger partial charge in [0.25, 0.3) is 0 Å². The molecule has 0 radical (unpaired) electrons. The van der Waals surface area contributed by atoms with Gasteiger partial charge in [-0.2, -0.15) is 26.6 Å². The number of alkyl halides is 3. The normalized spacial score (nSPS) is 13.2. The van der Waals surface area contributed by atoms with Crippen molar-refractivity contribution in [1.82, 2.24) is 10.1 Å². The van der Waals surface area contributed by atoms with Crippen molar-refractivity contribution in [3.63, 3.8) is 0 Å². The van der Waals surface area contributed by atoms with E-state index in [1.807, 2.05) is 0 Å². The largest absolute Gasteiger partial charge is 0.523 e. The van der Waals surface area contributed by atoms with E-state index in [0.717, 1.165) is 0 Å². The van der Waals surface area contributed by atoms with Crippen LogP contribution in [0.2, 0.25) is 0 Å². The van der Waals surface area contributed by atoms with E-state index in [-0.39, 0.29) is 12.4 Å². The van der Waals surface area contributed by atoms with E-state index in [1.54, 1.807) is 6.92 Å². The molecular formula is C10H13F3N2O6S. The minimum atomic E-state index is -5.73. The van der Waals surface area contributed by atoms with E-state index in [9.17, 15) is 26.4 Å². The zero-order chi connectivity index (χ0) is 17.2. The van der Waals surface area contributed by atoms with Crippen molar-refractivity contribution in [3.05, 3.63) is 11.7 Å². The molecule has 0 spiro atoms. The first-order chi connectivity index (χ1) is 9.90. The maximum atomic E-state index is 12.2. The summed E-state index contributed by atoms with van der Waals surface area (Å²) in [6.45, 7) is 3.36. The Balaban J connectivity index is 2.85. The maximum Gasteiger partial charge on any atom is 0.523 e. The number of carbonyl (C=O) groups excluding carboxylic acids is 1. The fourth-order valence-corrected chi connectivity index (χ4v) is 1.71. The number of ether oxygens (including phenoxy) is 1. The van der Waals surface area contributed by atoms with Crippen molar-refractivity contribution >= 4 is 16.1 Å². The van der Waals surface area contributed by atoms with Crippen molar-refractivity contribution in [3.8, 4) is 0 Å². The Morgan fingerprint density at radius 2 is 1.91 bits per heavy atom. The van der Waals surface area contributed by atoms with Crippen LogP contribution >= 0.6 is 0 Å². The van der Waals surface area contributed by atoms with E-state index in [1.165, 1.54) is 13.8 Å². The molecule has 0 aliphatic heterocycles. The Labute approximate surface area is 123 Å². The highest BCUT2D eigenvalue weighted by Crippen LogP contribution is 2.28. The molecule has 1 heterocycles. The summed E-state index contributed by atoms with van der Waals surface area (Å²) in [5.41, 5.74) is -6.89. The van der Waals surface area contributed by atoms with Gasteiger partial charge in [0.2, 0.25) is 0 Å². The monoisotopic (exact) mass is 346 g/mol. The predicted octanol–water partition coefficient (Wildman–Crippen LogP) is 1.39. The number of hydrogen-bond donors (Lipinski definition) is 0. The maximum absolute atomic E-state index is 12.2. The lowest BCUT2D eigenvalue weighted by atomic mass is 9.94. The van der Waals surface area contributed by atoms with Crippen molar-refractivity contribution in [2.45, 2.75) is 31.7 Å². The number of halogens is 3. The summed E-state index contributed by atoms with van der Waals surface area (Å²) >= 11 is 0. The van der Waals surface area contributed by atoms with E-state index < -0.39 is 39.5 Å². The molecule has 0 aromatic carbocycles. The van der Waals surface area contributed by atoms with Crippen LogP contribution in [0.1, 0.15) is 37.3 Å². The summed E-state index contributed by atoms with van der Waals surface area (Å²) in [6.07, 6.45) is 0. The highest BCUT2D eigenvalue weighted by atomic mass is 32.2. The van der Waals surface area contributed by atoms with Crippen LogP contribution in [0.5, 0.6) is 0 Å². The zero-order valence-corrected chi connectivity index (χ0v) is 12.6. The Kier molecular flexibility index (Phi) is 5.18. The highest BCUT2D eigenvalue weighted by molar-refractivity contribution is 7.87. The molecule has 0 bridgehead atoms. The van der Waals surface area contributed by atoms with Gasteiger partial charge >= 0.3 is 27.5 Å². The molecule has 1 aromatic heterocycles. The molecular weight excluding hydrogens is 333 g/mol. The minimum Gasteiger partial charge on any atom is -0.459 e. The van der Waals surface area contributed by atoms with E-state index in [0.29, 0.717) is 0 Å². The van der Waals surface area contributed by atoms with Crippen LogP contribution in [0, 0.1) is 0 Å². The Bertz CT molecular complexity index is 637. The number of nitrogens with zero attached hydrogens (tertiary/aromatic N) is 2. The second-order valence-electron chi connectivity index (χ2n) is 4.69. The number of hydrogen-bond acceptors (Lipinski definition) is 8. The molecule has 12 heteroatoms. The number of carbonyl (C=O) groups is 1. The molecule has 0 amide bonds. The van der Waals surface area contributed by atoms with Crippen LogP contribution in [-0.4, -0.2) is 43.2 Å². The van der Waals surface area contributed by atoms with Gasteiger partial charge in [-0.1, -0.05) is 19.0 Å². The van der Waals surface area contributed by atoms with Crippen LogP contribution in [0.15, 0.2) is 4.52 Å². The predicted molar refractivity (Wildman–Crippen MR) is 64.2 cm³/mol. The lowest BCUT2D eigenvalue weighted by Crippen LogP contribution is -2.33. The van der Waals surface area contributed by atoms with Gasteiger partial charge in [0, 0.05) is 0 Å². The lowest BCUT2D eigenvalue weighted by Gasteiger charge is -2.20. The van der Waals surface area contributed by atoms with Crippen LogP contribution in [-0.2, 0) is 24.5 Å². The molecule has 0 N–H and O–H groups in total. The van der Waals surface area contributed by atoms with Gasteiger partial charge in [0.05, 0.1) is 18.6 Å². The quantitative estimate of drug-likeness (QED) is 0.432. The summed E-state index contributed by atoms with van der Waals surface area (Å²) in [4.78, 5) is 15.0. The highest BCUT2D eigenvalue weighted by Gasteiger charge is 2.48. The van der Waals surface area contributed by atoms with E-state index >= 15 is 0 Å². The summed E-state index contributed by atoms with van der Waals surface area (Å²) < 4.78 is 71.4. The molecule has 0 fully saturated rings. The van der Waals surface area contributed by atoms with E-state index in [4.69, 9.17) is 0 Å². The zero-order valence-electron chi connectivity index (χ0n) is 11.8. The Hall–Kier alpha value is -1.69. The van der Waals surface area contributed by atoms with Gasteiger partial charge in [0.15, 0.2) is 5.82 Å². The van der Waals surface area contributed by atoms with Gasteiger partial charge in [-0.05, 0) is 6.92 Å². The minimum absolute atomic E-state index is 0.0624. The number of esters is 1. The summed E-state index contributed by atoms with van der Waals surface area (Å²) in [5.74, 6) is -1.60. The van der Waals surface area contributed by atoms with Gasteiger partial charge in [-0.3, -0.25) is 4.18 Å². The van der Waals surface area contributed by atoms with Crippen LogP contribution in [0.25, 0.3) is 0 Å². The lowest BCUT2D eigenvalue weighted by molar-refractivity contribution is -0.0552. The average molecular weight is 346 g/mol. The fourth-order valence-electron chi connectivity index (χ4n) is 1.13. The molecule has 0 unspecified atom stereocenters. The first-order valence-corrected chi connectivity index (χ1v) is 7.28. The molecule has 1 rings (SSSR count). The Morgan fingerprint density at radius 3 is 2.41 bits per heavy atom. The first-order valence-electron chi connectivity index (χ1n) is 5.87. The van der Waals surface area contributed by atoms with Crippen molar-refractivity contribution in [2.24, 2.45) is 0 Å². The van der Waals surface area contributed by atoms with Gasteiger partial charge in [-0.25, -0.2) is 4.79 Å². The SMILES string of the molecule is CCOC(=O)c1nc(C(C)(C)COS(=O)(=O)C(F)(F)F)no1. The first kappa shape index (κ1) is 18.4. The number of aromatic nitrogens is 2. The van der Waals surface area contributed by atoms with Gasteiger partial charge in [-0.15, -0.1) is 0 Å². The third-order valence-electron chi connectivity index (χ3n) is 2.34.